The Balaban J connectivity index is 2.46. The Kier molecular flexibility index (Phi) is 4.08. The van der Waals surface area contributed by atoms with Crippen LogP contribution in [0.4, 0.5) is 18.0 Å². The molecule has 5 nitrogen and oxygen atoms in total. The molecule has 0 atom stereocenters. The van der Waals surface area contributed by atoms with E-state index in [1.165, 1.54) is 6.92 Å². The maximum Gasteiger partial charge on any atom is 0.406 e. The van der Waals surface area contributed by atoms with Gasteiger partial charge in [-0.25, -0.2) is 4.79 Å². The first-order valence-corrected chi connectivity index (χ1v) is 5.53. The van der Waals surface area contributed by atoms with E-state index in [0.29, 0.717) is 17.7 Å². The monoisotopic (exact) mass is 268 g/mol. The zero-order valence-corrected chi connectivity index (χ0v) is 9.88. The maximum absolute atomic E-state index is 12.2. The normalized spacial score (nSPS) is 17.1. The fraction of sp³-hybridized carbons (Fsp3) is 0.800. The molecule has 0 radical (unpaired) electrons. The van der Waals surface area contributed by atoms with E-state index >= 15 is 0 Å². The molecule has 1 aliphatic carbocycles. The smallest absolute Gasteiger partial charge is 0.406 e. The number of nitrogens with one attached hydrogen (secondary N) is 1. The summed E-state index contributed by atoms with van der Waals surface area (Å²) >= 11 is 0. The Morgan fingerprint density at radius 3 is 2.28 bits per heavy atom. The Bertz CT molecular complexity index is 340. The molecule has 0 aromatic carbocycles. The summed E-state index contributed by atoms with van der Waals surface area (Å²) in [6, 6.07) is -0.887. The summed E-state index contributed by atoms with van der Waals surface area (Å²) < 4.78 is 36.5. The molecule has 2 amide bonds. The summed E-state index contributed by atoms with van der Waals surface area (Å²) in [4.78, 5) is 22.9. The number of rotatable bonds is 5. The molecule has 0 spiro atoms. The van der Waals surface area contributed by atoms with Crippen LogP contribution in [0.1, 0.15) is 19.8 Å². The quantitative estimate of drug-likeness (QED) is 0.792. The van der Waals surface area contributed by atoms with Gasteiger partial charge in [0.15, 0.2) is 0 Å². The van der Waals surface area contributed by atoms with Gasteiger partial charge in [-0.3, -0.25) is 4.79 Å². The average molecular weight is 268 g/mol. The average Bonchev–Trinajstić information content (AvgIpc) is 3.02. The number of alkyl halides is 3. The van der Waals surface area contributed by atoms with E-state index < -0.39 is 30.1 Å². The van der Waals surface area contributed by atoms with E-state index in [0.717, 1.165) is 0 Å². The molecule has 1 saturated carbocycles. The minimum absolute atomic E-state index is 0.0919. The number of halogens is 3. The van der Waals surface area contributed by atoms with Gasteiger partial charge in [-0.2, -0.15) is 13.2 Å². The summed E-state index contributed by atoms with van der Waals surface area (Å²) in [5, 5.41) is 11.1. The Hall–Kier alpha value is -1.47. The number of carboxylic acid groups (broad SMARTS) is 1. The maximum atomic E-state index is 12.2. The first kappa shape index (κ1) is 14.6. The zero-order valence-electron chi connectivity index (χ0n) is 9.88. The SMILES string of the molecule is CCN(CC(F)(F)F)C(=O)NCC1(C(=O)O)CC1. The van der Waals surface area contributed by atoms with Crippen LogP contribution in [0.2, 0.25) is 0 Å². The third kappa shape index (κ3) is 3.78. The summed E-state index contributed by atoms with van der Waals surface area (Å²) in [5.41, 5.74) is -0.979. The van der Waals surface area contributed by atoms with Crippen LogP contribution in [-0.2, 0) is 4.79 Å². The van der Waals surface area contributed by atoms with Gasteiger partial charge in [0.2, 0.25) is 0 Å². The van der Waals surface area contributed by atoms with E-state index in [2.05, 4.69) is 5.32 Å². The second kappa shape index (κ2) is 5.03. The van der Waals surface area contributed by atoms with Crippen molar-refractivity contribution in [3.05, 3.63) is 0 Å². The van der Waals surface area contributed by atoms with E-state index in [-0.39, 0.29) is 13.1 Å². The molecular weight excluding hydrogens is 253 g/mol. The molecule has 0 unspecified atom stereocenters. The minimum Gasteiger partial charge on any atom is -0.481 e. The molecular formula is C10H15F3N2O3. The number of nitrogens with zero attached hydrogens (tertiary/aromatic N) is 1. The molecule has 0 bridgehead atoms. The Labute approximate surface area is 102 Å². The van der Waals surface area contributed by atoms with Crippen molar-refractivity contribution in [2.45, 2.75) is 25.9 Å². The molecule has 0 saturated heterocycles. The highest BCUT2D eigenvalue weighted by Gasteiger charge is 2.50. The number of amides is 2. The molecule has 2 N–H and O–H groups in total. The number of urea groups is 1. The van der Waals surface area contributed by atoms with E-state index in [9.17, 15) is 22.8 Å². The Morgan fingerprint density at radius 1 is 1.39 bits per heavy atom. The molecule has 0 aromatic rings. The van der Waals surface area contributed by atoms with Crippen LogP contribution >= 0.6 is 0 Å². The van der Waals surface area contributed by atoms with Crippen LogP contribution < -0.4 is 5.32 Å². The van der Waals surface area contributed by atoms with Crippen LogP contribution in [-0.4, -0.2) is 47.8 Å². The summed E-state index contributed by atoms with van der Waals surface area (Å²) in [7, 11) is 0. The van der Waals surface area contributed by atoms with Crippen molar-refractivity contribution >= 4 is 12.0 Å². The molecule has 18 heavy (non-hydrogen) atoms. The van der Waals surface area contributed by atoms with Crippen molar-refractivity contribution in [2.75, 3.05) is 19.6 Å². The number of aliphatic carboxylic acids is 1. The predicted octanol–water partition coefficient (Wildman–Crippen LogP) is 1.45. The molecule has 0 heterocycles. The second-order valence-electron chi connectivity index (χ2n) is 4.37. The molecule has 0 aromatic heterocycles. The van der Waals surface area contributed by atoms with Crippen LogP contribution in [0, 0.1) is 5.41 Å². The van der Waals surface area contributed by atoms with E-state index in [1.54, 1.807) is 0 Å². The summed E-state index contributed by atoms with van der Waals surface area (Å²) in [6.07, 6.45) is -3.58. The van der Waals surface area contributed by atoms with E-state index in [4.69, 9.17) is 5.11 Å². The second-order valence-corrected chi connectivity index (χ2v) is 4.37. The lowest BCUT2D eigenvalue weighted by Crippen LogP contribution is -2.46. The highest BCUT2D eigenvalue weighted by molar-refractivity contribution is 5.80. The number of hydrogen-bond acceptors (Lipinski definition) is 2. The zero-order chi connectivity index (χ0) is 14.0. The lowest BCUT2D eigenvalue weighted by atomic mass is 10.1. The van der Waals surface area contributed by atoms with Crippen molar-refractivity contribution in [1.82, 2.24) is 10.2 Å². The van der Waals surface area contributed by atoms with Crippen LogP contribution in [0.5, 0.6) is 0 Å². The van der Waals surface area contributed by atoms with Gasteiger partial charge < -0.3 is 15.3 Å². The van der Waals surface area contributed by atoms with Crippen LogP contribution in [0.15, 0.2) is 0 Å². The molecule has 104 valence electrons. The minimum atomic E-state index is -4.46. The van der Waals surface area contributed by atoms with Crippen LogP contribution in [0.25, 0.3) is 0 Å². The molecule has 1 rings (SSSR count). The van der Waals surface area contributed by atoms with Crippen molar-refractivity contribution in [3.8, 4) is 0 Å². The van der Waals surface area contributed by atoms with Crippen molar-refractivity contribution in [3.63, 3.8) is 0 Å². The van der Waals surface area contributed by atoms with E-state index in [1.807, 2.05) is 0 Å². The molecule has 8 heteroatoms. The van der Waals surface area contributed by atoms with Gasteiger partial charge in [-0.05, 0) is 19.8 Å². The highest BCUT2D eigenvalue weighted by atomic mass is 19.4. The Morgan fingerprint density at radius 2 is 1.94 bits per heavy atom. The molecule has 1 fully saturated rings. The van der Waals surface area contributed by atoms with Crippen molar-refractivity contribution < 1.29 is 27.9 Å². The number of carboxylic acids is 1. The van der Waals surface area contributed by atoms with Gasteiger partial charge in [0.1, 0.15) is 6.54 Å². The standard InChI is InChI=1S/C10H15F3N2O3/c1-2-15(6-10(11,12)13)8(18)14-5-9(3-4-9)7(16)17/h2-6H2,1H3,(H,14,18)(H,16,17). The highest BCUT2D eigenvalue weighted by Crippen LogP contribution is 2.45. The third-order valence-corrected chi connectivity index (χ3v) is 2.92. The summed E-state index contributed by atoms with van der Waals surface area (Å²) in [6.45, 7) is -0.133. The largest absolute Gasteiger partial charge is 0.481 e. The van der Waals surface area contributed by atoms with Gasteiger partial charge in [0.05, 0.1) is 5.41 Å². The fourth-order valence-electron chi connectivity index (χ4n) is 1.52. The topological polar surface area (TPSA) is 69.6 Å². The first-order chi connectivity index (χ1) is 8.20. The lowest BCUT2D eigenvalue weighted by molar-refractivity contribution is -0.143. The van der Waals surface area contributed by atoms with Gasteiger partial charge in [0.25, 0.3) is 0 Å². The lowest BCUT2D eigenvalue weighted by Gasteiger charge is -2.23. The fourth-order valence-corrected chi connectivity index (χ4v) is 1.52. The first-order valence-electron chi connectivity index (χ1n) is 5.53. The third-order valence-electron chi connectivity index (χ3n) is 2.92. The molecule has 0 aliphatic heterocycles. The molecule has 1 aliphatic rings. The van der Waals surface area contributed by atoms with Gasteiger partial charge in [0, 0.05) is 13.1 Å². The van der Waals surface area contributed by atoms with Gasteiger partial charge in [-0.1, -0.05) is 0 Å². The summed E-state index contributed by atoms with van der Waals surface area (Å²) in [5.74, 6) is -1.03. The van der Waals surface area contributed by atoms with Crippen LogP contribution in [0.3, 0.4) is 0 Å². The van der Waals surface area contributed by atoms with Gasteiger partial charge >= 0.3 is 18.2 Å². The number of carbonyl (C=O) groups is 2. The number of carbonyl (C=O) groups excluding carboxylic acids is 1. The van der Waals surface area contributed by atoms with Gasteiger partial charge in [-0.15, -0.1) is 0 Å². The predicted molar refractivity (Wildman–Crippen MR) is 56.0 cm³/mol. The van der Waals surface area contributed by atoms with Crippen molar-refractivity contribution in [2.24, 2.45) is 5.41 Å². The van der Waals surface area contributed by atoms with Crippen molar-refractivity contribution in [1.29, 1.82) is 0 Å². The number of hydrogen-bond donors (Lipinski definition) is 2.